The lowest BCUT2D eigenvalue weighted by Crippen LogP contribution is -2.39. The minimum Gasteiger partial charge on any atom is -0.328 e. The fraction of sp³-hybridized carbons (Fsp3) is 0.923. The second kappa shape index (κ2) is 4.74. The summed E-state index contributed by atoms with van der Waals surface area (Å²) in [6, 6.07) is 0.0761. The topological polar surface area (TPSA) is 32.3 Å². The summed E-state index contributed by atoms with van der Waals surface area (Å²) in [6.07, 6.45) is 7.53. The van der Waals surface area contributed by atoms with E-state index in [1.54, 1.807) is 0 Å². The SMILES string of the molecule is CCC1NCN(CC2(C)CCCCC2)C1=O. The maximum Gasteiger partial charge on any atom is 0.240 e. The zero-order chi connectivity index (χ0) is 11.6. The molecule has 3 heteroatoms. The first-order valence-corrected chi connectivity index (χ1v) is 6.67. The van der Waals surface area contributed by atoms with Gasteiger partial charge in [0.25, 0.3) is 0 Å². The van der Waals surface area contributed by atoms with Crippen LogP contribution in [0, 0.1) is 5.41 Å². The number of nitrogens with one attached hydrogen (secondary N) is 1. The van der Waals surface area contributed by atoms with Gasteiger partial charge in [0.1, 0.15) is 0 Å². The van der Waals surface area contributed by atoms with Crippen molar-refractivity contribution in [3.8, 4) is 0 Å². The van der Waals surface area contributed by atoms with Gasteiger partial charge in [-0.3, -0.25) is 10.1 Å². The van der Waals surface area contributed by atoms with Crippen LogP contribution >= 0.6 is 0 Å². The molecule has 1 amide bonds. The monoisotopic (exact) mass is 224 g/mol. The van der Waals surface area contributed by atoms with E-state index in [4.69, 9.17) is 0 Å². The van der Waals surface area contributed by atoms with Gasteiger partial charge in [-0.05, 0) is 24.7 Å². The molecule has 16 heavy (non-hydrogen) atoms. The summed E-state index contributed by atoms with van der Waals surface area (Å²) >= 11 is 0. The second-order valence-electron chi connectivity index (χ2n) is 5.73. The summed E-state index contributed by atoms with van der Waals surface area (Å²) in [7, 11) is 0. The summed E-state index contributed by atoms with van der Waals surface area (Å²) < 4.78 is 0. The van der Waals surface area contributed by atoms with Crippen molar-refractivity contribution in [2.75, 3.05) is 13.2 Å². The summed E-state index contributed by atoms with van der Waals surface area (Å²) in [5, 5.41) is 3.29. The highest BCUT2D eigenvalue weighted by Gasteiger charge is 2.35. The van der Waals surface area contributed by atoms with Crippen LogP contribution in [0.15, 0.2) is 0 Å². The van der Waals surface area contributed by atoms with Gasteiger partial charge in [-0.1, -0.05) is 33.1 Å². The van der Waals surface area contributed by atoms with Crippen LogP contribution in [-0.2, 0) is 4.79 Å². The van der Waals surface area contributed by atoms with Gasteiger partial charge in [0, 0.05) is 6.54 Å². The highest BCUT2D eigenvalue weighted by molar-refractivity contribution is 5.83. The molecular weight excluding hydrogens is 200 g/mol. The van der Waals surface area contributed by atoms with Gasteiger partial charge >= 0.3 is 0 Å². The van der Waals surface area contributed by atoms with E-state index in [1.165, 1.54) is 32.1 Å². The van der Waals surface area contributed by atoms with Crippen molar-refractivity contribution in [1.82, 2.24) is 10.2 Å². The molecule has 0 bridgehead atoms. The van der Waals surface area contributed by atoms with Crippen LogP contribution in [0.5, 0.6) is 0 Å². The number of hydrogen-bond donors (Lipinski definition) is 1. The van der Waals surface area contributed by atoms with Crippen molar-refractivity contribution >= 4 is 5.91 Å². The zero-order valence-corrected chi connectivity index (χ0v) is 10.6. The highest BCUT2D eigenvalue weighted by atomic mass is 16.2. The molecule has 0 aromatic heterocycles. The van der Waals surface area contributed by atoms with Gasteiger partial charge in [0.05, 0.1) is 12.7 Å². The van der Waals surface area contributed by atoms with Crippen LogP contribution in [-0.4, -0.2) is 30.1 Å². The number of amides is 1. The van der Waals surface area contributed by atoms with Crippen molar-refractivity contribution in [1.29, 1.82) is 0 Å². The summed E-state index contributed by atoms with van der Waals surface area (Å²) in [5.41, 5.74) is 0.373. The average Bonchev–Trinajstić information content (AvgIpc) is 2.60. The highest BCUT2D eigenvalue weighted by Crippen LogP contribution is 2.36. The Kier molecular flexibility index (Phi) is 3.53. The molecule has 1 saturated carbocycles. The molecule has 2 rings (SSSR count). The molecule has 1 N–H and O–H groups in total. The molecule has 2 fully saturated rings. The molecule has 0 aromatic rings. The molecule has 2 aliphatic rings. The molecule has 1 aliphatic carbocycles. The lowest BCUT2D eigenvalue weighted by Gasteiger charge is -2.36. The molecule has 1 aliphatic heterocycles. The third-order valence-corrected chi connectivity index (χ3v) is 4.18. The Balaban J connectivity index is 1.92. The fourth-order valence-electron chi connectivity index (χ4n) is 3.08. The van der Waals surface area contributed by atoms with Crippen molar-refractivity contribution in [3.05, 3.63) is 0 Å². The van der Waals surface area contributed by atoms with E-state index < -0.39 is 0 Å². The molecule has 92 valence electrons. The van der Waals surface area contributed by atoms with E-state index in [1.807, 2.05) is 4.90 Å². The third-order valence-electron chi connectivity index (χ3n) is 4.18. The van der Waals surface area contributed by atoms with Crippen molar-refractivity contribution < 1.29 is 4.79 Å². The maximum absolute atomic E-state index is 12.0. The number of carbonyl (C=O) groups excluding carboxylic acids is 1. The molecule has 1 saturated heterocycles. The van der Waals surface area contributed by atoms with Crippen LogP contribution in [0.2, 0.25) is 0 Å². The standard InChI is InChI=1S/C13H24N2O/c1-3-11-12(16)15(10-14-11)9-13(2)7-5-4-6-8-13/h11,14H,3-10H2,1-2H3. The quantitative estimate of drug-likeness (QED) is 0.796. The van der Waals surface area contributed by atoms with Gasteiger partial charge in [-0.2, -0.15) is 0 Å². The first-order chi connectivity index (χ1) is 7.64. The Morgan fingerprint density at radius 2 is 2.06 bits per heavy atom. The van der Waals surface area contributed by atoms with E-state index in [9.17, 15) is 4.79 Å². The minimum atomic E-state index is 0.0761. The largest absolute Gasteiger partial charge is 0.328 e. The molecule has 1 unspecified atom stereocenters. The summed E-state index contributed by atoms with van der Waals surface area (Å²) in [5.74, 6) is 0.314. The summed E-state index contributed by atoms with van der Waals surface area (Å²) in [6.45, 7) is 6.13. The van der Waals surface area contributed by atoms with E-state index >= 15 is 0 Å². The molecule has 1 heterocycles. The predicted molar refractivity (Wildman–Crippen MR) is 65.0 cm³/mol. The maximum atomic E-state index is 12.0. The Hall–Kier alpha value is -0.570. The number of carbonyl (C=O) groups is 1. The number of hydrogen-bond acceptors (Lipinski definition) is 2. The van der Waals surface area contributed by atoms with Gasteiger partial charge in [0.15, 0.2) is 0 Å². The van der Waals surface area contributed by atoms with Crippen LogP contribution < -0.4 is 5.32 Å². The summed E-state index contributed by atoms with van der Waals surface area (Å²) in [4.78, 5) is 14.0. The molecular formula is C13H24N2O. The molecule has 0 spiro atoms. The van der Waals surface area contributed by atoms with Crippen LogP contribution in [0.3, 0.4) is 0 Å². The van der Waals surface area contributed by atoms with E-state index in [-0.39, 0.29) is 6.04 Å². The van der Waals surface area contributed by atoms with Crippen molar-refractivity contribution in [2.45, 2.75) is 58.4 Å². The van der Waals surface area contributed by atoms with Crippen molar-refractivity contribution in [3.63, 3.8) is 0 Å². The molecule has 0 radical (unpaired) electrons. The first kappa shape index (κ1) is 11.9. The van der Waals surface area contributed by atoms with Gasteiger partial charge < -0.3 is 4.90 Å². The molecule has 0 aromatic carbocycles. The Morgan fingerprint density at radius 3 is 2.62 bits per heavy atom. The lowest BCUT2D eigenvalue weighted by molar-refractivity contribution is -0.130. The van der Waals surface area contributed by atoms with Gasteiger partial charge in [-0.15, -0.1) is 0 Å². The Morgan fingerprint density at radius 1 is 1.38 bits per heavy atom. The minimum absolute atomic E-state index is 0.0761. The number of nitrogens with zero attached hydrogens (tertiary/aromatic N) is 1. The lowest BCUT2D eigenvalue weighted by atomic mass is 9.75. The van der Waals surface area contributed by atoms with Gasteiger partial charge in [-0.25, -0.2) is 0 Å². The van der Waals surface area contributed by atoms with E-state index in [0.29, 0.717) is 11.3 Å². The smallest absolute Gasteiger partial charge is 0.240 e. The third kappa shape index (κ3) is 2.40. The Labute approximate surface area is 98.6 Å². The van der Waals surface area contributed by atoms with E-state index in [2.05, 4.69) is 19.2 Å². The predicted octanol–water partition coefficient (Wildman–Crippen LogP) is 2.12. The molecule has 1 atom stereocenters. The fourth-order valence-corrected chi connectivity index (χ4v) is 3.08. The second-order valence-corrected chi connectivity index (χ2v) is 5.73. The van der Waals surface area contributed by atoms with Crippen LogP contribution in [0.25, 0.3) is 0 Å². The number of rotatable bonds is 3. The molecule has 3 nitrogen and oxygen atoms in total. The van der Waals surface area contributed by atoms with E-state index in [0.717, 1.165) is 19.6 Å². The normalized spacial score (nSPS) is 29.8. The van der Waals surface area contributed by atoms with Crippen molar-refractivity contribution in [2.24, 2.45) is 5.41 Å². The van der Waals surface area contributed by atoms with Crippen LogP contribution in [0.1, 0.15) is 52.4 Å². The zero-order valence-electron chi connectivity index (χ0n) is 10.6. The van der Waals surface area contributed by atoms with Gasteiger partial charge in [0.2, 0.25) is 5.91 Å². The first-order valence-electron chi connectivity index (χ1n) is 6.67. The van der Waals surface area contributed by atoms with Crippen LogP contribution in [0.4, 0.5) is 0 Å². The Bertz CT molecular complexity index is 259. The average molecular weight is 224 g/mol.